The van der Waals surface area contributed by atoms with Crippen molar-refractivity contribution in [2.24, 2.45) is 5.73 Å². The van der Waals surface area contributed by atoms with Crippen LogP contribution < -0.4 is 11.1 Å². The SMILES string of the molecule is NCCNc1nccc(-c2ccc3ccccc3c2)n1. The number of nitrogens with one attached hydrogen (secondary N) is 1. The van der Waals surface area contributed by atoms with E-state index in [0.29, 0.717) is 19.0 Å². The van der Waals surface area contributed by atoms with Gasteiger partial charge in [0.15, 0.2) is 0 Å². The van der Waals surface area contributed by atoms with Crippen LogP contribution in [0.3, 0.4) is 0 Å². The molecule has 0 saturated heterocycles. The molecule has 100 valence electrons. The van der Waals surface area contributed by atoms with E-state index in [9.17, 15) is 0 Å². The van der Waals surface area contributed by atoms with Gasteiger partial charge >= 0.3 is 0 Å². The summed E-state index contributed by atoms with van der Waals surface area (Å²) in [7, 11) is 0. The summed E-state index contributed by atoms with van der Waals surface area (Å²) in [4.78, 5) is 8.70. The molecule has 1 heterocycles. The molecule has 20 heavy (non-hydrogen) atoms. The lowest BCUT2D eigenvalue weighted by molar-refractivity contribution is 0.990. The molecule has 0 aliphatic heterocycles. The Morgan fingerprint density at radius 1 is 1.00 bits per heavy atom. The summed E-state index contributed by atoms with van der Waals surface area (Å²) in [6.07, 6.45) is 1.76. The molecule has 0 aliphatic carbocycles. The van der Waals surface area contributed by atoms with E-state index >= 15 is 0 Å². The number of rotatable bonds is 4. The first-order valence-electron chi connectivity index (χ1n) is 6.63. The van der Waals surface area contributed by atoms with Crippen molar-refractivity contribution < 1.29 is 0 Å². The van der Waals surface area contributed by atoms with Crippen LogP contribution in [0.1, 0.15) is 0 Å². The van der Waals surface area contributed by atoms with Gasteiger partial charge in [-0.05, 0) is 22.9 Å². The fourth-order valence-corrected chi connectivity index (χ4v) is 2.14. The molecule has 3 aromatic rings. The van der Waals surface area contributed by atoms with Gasteiger partial charge in [0, 0.05) is 24.8 Å². The van der Waals surface area contributed by atoms with Gasteiger partial charge in [0.1, 0.15) is 0 Å². The average molecular weight is 264 g/mol. The van der Waals surface area contributed by atoms with Gasteiger partial charge in [0.2, 0.25) is 5.95 Å². The molecule has 4 heteroatoms. The highest BCUT2D eigenvalue weighted by Gasteiger charge is 2.03. The van der Waals surface area contributed by atoms with Crippen molar-refractivity contribution in [3.05, 3.63) is 54.7 Å². The lowest BCUT2D eigenvalue weighted by Crippen LogP contribution is -2.14. The molecule has 0 spiro atoms. The highest BCUT2D eigenvalue weighted by atomic mass is 15.1. The molecule has 3 rings (SSSR count). The fraction of sp³-hybridized carbons (Fsp3) is 0.125. The molecule has 0 unspecified atom stereocenters. The molecule has 0 atom stereocenters. The first kappa shape index (κ1) is 12.6. The van der Waals surface area contributed by atoms with Crippen molar-refractivity contribution in [2.75, 3.05) is 18.4 Å². The van der Waals surface area contributed by atoms with Crippen molar-refractivity contribution in [1.29, 1.82) is 0 Å². The van der Waals surface area contributed by atoms with E-state index in [2.05, 4.69) is 45.6 Å². The summed E-state index contributed by atoms with van der Waals surface area (Å²) >= 11 is 0. The first-order valence-corrected chi connectivity index (χ1v) is 6.63. The minimum absolute atomic E-state index is 0.559. The zero-order chi connectivity index (χ0) is 13.8. The third kappa shape index (κ3) is 2.60. The van der Waals surface area contributed by atoms with Gasteiger partial charge in [-0.1, -0.05) is 36.4 Å². The van der Waals surface area contributed by atoms with Crippen LogP contribution in [0.15, 0.2) is 54.7 Å². The van der Waals surface area contributed by atoms with E-state index < -0.39 is 0 Å². The van der Waals surface area contributed by atoms with Crippen molar-refractivity contribution in [1.82, 2.24) is 9.97 Å². The number of hydrogen-bond acceptors (Lipinski definition) is 4. The van der Waals surface area contributed by atoms with Crippen LogP contribution >= 0.6 is 0 Å². The van der Waals surface area contributed by atoms with Gasteiger partial charge in [-0.15, -0.1) is 0 Å². The summed E-state index contributed by atoms with van der Waals surface area (Å²) in [5, 5.41) is 5.53. The molecule has 1 aromatic heterocycles. The maximum absolute atomic E-state index is 5.47. The van der Waals surface area contributed by atoms with Gasteiger partial charge < -0.3 is 11.1 Å². The van der Waals surface area contributed by atoms with Gasteiger partial charge in [0.05, 0.1) is 5.69 Å². The summed E-state index contributed by atoms with van der Waals surface area (Å²) in [6.45, 7) is 1.23. The number of fused-ring (bicyclic) bond motifs is 1. The molecule has 0 bridgehead atoms. The lowest BCUT2D eigenvalue weighted by atomic mass is 10.1. The molecular weight excluding hydrogens is 248 g/mol. The van der Waals surface area contributed by atoms with Crippen molar-refractivity contribution in [3.8, 4) is 11.3 Å². The Morgan fingerprint density at radius 2 is 1.85 bits per heavy atom. The van der Waals surface area contributed by atoms with Gasteiger partial charge in [-0.3, -0.25) is 0 Å². The monoisotopic (exact) mass is 264 g/mol. The zero-order valence-electron chi connectivity index (χ0n) is 11.1. The maximum atomic E-state index is 5.47. The second kappa shape index (κ2) is 5.67. The highest BCUT2D eigenvalue weighted by Crippen LogP contribution is 2.23. The van der Waals surface area contributed by atoms with Crippen LogP contribution in [0.25, 0.3) is 22.0 Å². The highest BCUT2D eigenvalue weighted by molar-refractivity contribution is 5.86. The number of aromatic nitrogens is 2. The number of nitrogens with zero attached hydrogens (tertiary/aromatic N) is 2. The van der Waals surface area contributed by atoms with Crippen molar-refractivity contribution >= 4 is 16.7 Å². The first-order chi connectivity index (χ1) is 9.86. The van der Waals surface area contributed by atoms with E-state index in [4.69, 9.17) is 5.73 Å². The van der Waals surface area contributed by atoms with Crippen LogP contribution in [0, 0.1) is 0 Å². The van der Waals surface area contributed by atoms with E-state index in [0.717, 1.165) is 11.3 Å². The number of hydrogen-bond donors (Lipinski definition) is 2. The quantitative estimate of drug-likeness (QED) is 0.760. The molecule has 2 aromatic carbocycles. The molecule has 0 radical (unpaired) electrons. The molecular formula is C16H16N4. The standard InChI is InChI=1S/C16H16N4/c17-8-10-19-16-18-9-7-15(20-16)14-6-5-12-3-1-2-4-13(12)11-14/h1-7,9,11H,8,10,17H2,(H,18,19,20). The second-order valence-electron chi connectivity index (χ2n) is 4.54. The van der Waals surface area contributed by atoms with Crippen molar-refractivity contribution in [2.45, 2.75) is 0 Å². The molecule has 3 N–H and O–H groups in total. The Morgan fingerprint density at radius 3 is 2.70 bits per heavy atom. The normalized spacial score (nSPS) is 10.7. The molecule has 0 saturated carbocycles. The van der Waals surface area contributed by atoms with Crippen molar-refractivity contribution in [3.63, 3.8) is 0 Å². The van der Waals surface area contributed by atoms with Gasteiger partial charge in [0.25, 0.3) is 0 Å². The average Bonchev–Trinajstić information content (AvgIpc) is 2.53. The third-order valence-electron chi connectivity index (χ3n) is 3.13. The summed E-state index contributed by atoms with van der Waals surface area (Å²) < 4.78 is 0. The fourth-order valence-electron chi connectivity index (χ4n) is 2.14. The van der Waals surface area contributed by atoms with E-state index in [1.807, 2.05) is 18.2 Å². The van der Waals surface area contributed by atoms with Crippen LogP contribution in [-0.2, 0) is 0 Å². The smallest absolute Gasteiger partial charge is 0.223 e. The third-order valence-corrected chi connectivity index (χ3v) is 3.13. The lowest BCUT2D eigenvalue weighted by Gasteiger charge is -2.06. The number of benzene rings is 2. The Kier molecular flexibility index (Phi) is 3.56. The Balaban J connectivity index is 1.97. The zero-order valence-corrected chi connectivity index (χ0v) is 11.1. The molecule has 0 amide bonds. The maximum Gasteiger partial charge on any atom is 0.223 e. The van der Waals surface area contributed by atoms with Crippen LogP contribution in [-0.4, -0.2) is 23.1 Å². The number of anilines is 1. The number of nitrogens with two attached hydrogens (primary N) is 1. The van der Waals surface area contributed by atoms with E-state index in [1.54, 1.807) is 6.20 Å². The molecule has 4 nitrogen and oxygen atoms in total. The minimum atomic E-state index is 0.559. The topological polar surface area (TPSA) is 63.8 Å². The van der Waals surface area contributed by atoms with Crippen LogP contribution in [0.2, 0.25) is 0 Å². The van der Waals surface area contributed by atoms with Crippen LogP contribution in [0.4, 0.5) is 5.95 Å². The predicted octanol–water partition coefficient (Wildman–Crippen LogP) is 2.67. The Bertz CT molecular complexity index is 724. The van der Waals surface area contributed by atoms with Crippen LogP contribution in [0.5, 0.6) is 0 Å². The van der Waals surface area contributed by atoms with E-state index in [1.165, 1.54) is 10.8 Å². The Labute approximate surface area is 117 Å². The Hall–Kier alpha value is -2.46. The predicted molar refractivity (Wildman–Crippen MR) is 82.5 cm³/mol. The molecule has 0 fully saturated rings. The minimum Gasteiger partial charge on any atom is -0.353 e. The summed E-state index contributed by atoms with van der Waals surface area (Å²) in [5.74, 6) is 0.612. The summed E-state index contributed by atoms with van der Waals surface area (Å²) in [5.41, 5.74) is 7.46. The van der Waals surface area contributed by atoms with E-state index in [-0.39, 0.29) is 0 Å². The van der Waals surface area contributed by atoms with Gasteiger partial charge in [-0.2, -0.15) is 0 Å². The second-order valence-corrected chi connectivity index (χ2v) is 4.54. The van der Waals surface area contributed by atoms with Gasteiger partial charge in [-0.25, -0.2) is 9.97 Å². The molecule has 0 aliphatic rings. The largest absolute Gasteiger partial charge is 0.353 e. The summed E-state index contributed by atoms with van der Waals surface area (Å²) in [6, 6.07) is 16.5.